The highest BCUT2D eigenvalue weighted by Crippen LogP contribution is 2.39. The molecule has 1 aliphatic rings. The smallest absolute Gasteiger partial charge is 0.325 e. The van der Waals surface area contributed by atoms with Crippen molar-refractivity contribution in [2.45, 2.75) is 135 Å². The van der Waals surface area contributed by atoms with Gasteiger partial charge in [-0.1, -0.05) is 49.4 Å². The summed E-state index contributed by atoms with van der Waals surface area (Å²) in [6.45, 7) is 5.11. The number of aliphatic hydroxyl groups is 2. The third-order valence-electron chi connectivity index (χ3n) is 8.48. The maximum atomic E-state index is 12.8. The van der Waals surface area contributed by atoms with E-state index in [1.807, 2.05) is 56.3 Å². The van der Waals surface area contributed by atoms with E-state index in [-0.39, 0.29) is 42.8 Å². The number of allylic oxidation sites excluding steroid dienone is 2. The van der Waals surface area contributed by atoms with Gasteiger partial charge < -0.3 is 29.8 Å². The standard InChI is InChI=1S/C35H54N2O10/c1-4-27(47-37(43)44)15-12-17-33(40)36-24-35(42)46-28(20-19-26-13-8-7-9-14-26)21-22-30-29(31(38)23-32(30)39)16-10-5-6-11-18-34(41)45-25(2)3/h5,7-10,13-14,25,27-32,38-39H,4,6,11-12,15-24H2,1-3H3,(H,36,40)/b10-5-/t27?,28-,29+,30+,31-,32+/m0/s1. The van der Waals surface area contributed by atoms with Crippen molar-refractivity contribution in [3.63, 3.8) is 0 Å². The van der Waals surface area contributed by atoms with Gasteiger partial charge in [0, 0.05) is 12.8 Å². The number of amides is 1. The molecule has 264 valence electrons. The van der Waals surface area contributed by atoms with Crippen LogP contribution in [0.25, 0.3) is 0 Å². The van der Waals surface area contributed by atoms with Crippen molar-refractivity contribution in [3.05, 3.63) is 58.2 Å². The van der Waals surface area contributed by atoms with E-state index < -0.39 is 35.5 Å². The van der Waals surface area contributed by atoms with Crippen LogP contribution in [-0.4, -0.2) is 70.2 Å². The van der Waals surface area contributed by atoms with Crippen LogP contribution < -0.4 is 5.32 Å². The number of carbonyl (C=O) groups is 3. The van der Waals surface area contributed by atoms with E-state index in [0.717, 1.165) is 5.56 Å². The zero-order valence-electron chi connectivity index (χ0n) is 28.1. The van der Waals surface area contributed by atoms with Gasteiger partial charge in [-0.2, -0.15) is 0 Å². The van der Waals surface area contributed by atoms with Gasteiger partial charge in [-0.15, -0.1) is 10.1 Å². The third-order valence-corrected chi connectivity index (χ3v) is 8.48. The molecular formula is C35H54N2O10. The summed E-state index contributed by atoms with van der Waals surface area (Å²) < 4.78 is 11.0. The molecule has 0 bridgehead atoms. The maximum Gasteiger partial charge on any atom is 0.325 e. The molecular weight excluding hydrogens is 608 g/mol. The van der Waals surface area contributed by atoms with E-state index in [0.29, 0.717) is 77.0 Å². The maximum absolute atomic E-state index is 12.8. The molecule has 0 radical (unpaired) electrons. The molecule has 1 saturated carbocycles. The van der Waals surface area contributed by atoms with Crippen LogP contribution >= 0.6 is 0 Å². The van der Waals surface area contributed by atoms with Gasteiger partial charge in [0.15, 0.2) is 0 Å². The third kappa shape index (κ3) is 16.7. The molecule has 0 aromatic heterocycles. The topological polar surface area (TPSA) is 175 Å². The van der Waals surface area contributed by atoms with Crippen LogP contribution in [0.4, 0.5) is 0 Å². The molecule has 0 spiro atoms. The average Bonchev–Trinajstić information content (AvgIpc) is 3.29. The normalized spacial score (nSPS) is 20.6. The van der Waals surface area contributed by atoms with Gasteiger partial charge in [0.05, 0.1) is 18.3 Å². The first-order valence-electron chi connectivity index (χ1n) is 17.0. The van der Waals surface area contributed by atoms with Crippen molar-refractivity contribution in [1.82, 2.24) is 5.32 Å². The van der Waals surface area contributed by atoms with Gasteiger partial charge >= 0.3 is 11.9 Å². The molecule has 1 amide bonds. The number of hydrogen-bond acceptors (Lipinski definition) is 10. The minimum absolute atomic E-state index is 0.102. The fourth-order valence-electron chi connectivity index (χ4n) is 6.01. The van der Waals surface area contributed by atoms with Crippen LogP contribution in [0.15, 0.2) is 42.5 Å². The van der Waals surface area contributed by atoms with Crippen molar-refractivity contribution >= 4 is 17.8 Å². The summed E-state index contributed by atoms with van der Waals surface area (Å²) in [6.07, 6.45) is 7.75. The Morgan fingerprint density at radius 3 is 2.36 bits per heavy atom. The summed E-state index contributed by atoms with van der Waals surface area (Å²) >= 11 is 0. The van der Waals surface area contributed by atoms with Gasteiger partial charge in [0.2, 0.25) is 5.91 Å². The van der Waals surface area contributed by atoms with E-state index in [1.165, 1.54) is 0 Å². The summed E-state index contributed by atoms with van der Waals surface area (Å²) in [5.74, 6) is -1.44. The number of ether oxygens (including phenoxy) is 2. The van der Waals surface area contributed by atoms with E-state index >= 15 is 0 Å². The van der Waals surface area contributed by atoms with Gasteiger partial charge in [-0.3, -0.25) is 14.4 Å². The van der Waals surface area contributed by atoms with Gasteiger partial charge in [0.1, 0.15) is 18.8 Å². The Hall–Kier alpha value is -3.51. The molecule has 0 aliphatic heterocycles. The summed E-state index contributed by atoms with van der Waals surface area (Å²) in [5, 5.41) is 33.8. The SMILES string of the molecule is CCC(CCCC(=O)NCC(=O)O[C@@H](CCc1ccccc1)CC[C@@H]1[C@@H](C/C=C\CCCC(=O)OC(C)C)[C@@H](O)C[C@H]1O)O[N+](=O)[O-]. The lowest BCUT2D eigenvalue weighted by molar-refractivity contribution is -0.768. The molecule has 3 N–H and O–H groups in total. The lowest BCUT2D eigenvalue weighted by atomic mass is 9.85. The lowest BCUT2D eigenvalue weighted by Crippen LogP contribution is -2.33. The second-order valence-corrected chi connectivity index (χ2v) is 12.6. The average molecular weight is 663 g/mol. The Kier molecular flexibility index (Phi) is 18.7. The lowest BCUT2D eigenvalue weighted by Gasteiger charge is -2.25. The van der Waals surface area contributed by atoms with Crippen LogP contribution in [-0.2, 0) is 35.1 Å². The number of carbonyl (C=O) groups excluding carboxylic acids is 3. The van der Waals surface area contributed by atoms with E-state index in [2.05, 4.69) is 10.2 Å². The Morgan fingerprint density at radius 2 is 1.68 bits per heavy atom. The summed E-state index contributed by atoms with van der Waals surface area (Å²) in [5.41, 5.74) is 1.10. The van der Waals surface area contributed by atoms with Crippen molar-refractivity contribution in [2.24, 2.45) is 11.8 Å². The predicted molar refractivity (Wildman–Crippen MR) is 175 cm³/mol. The highest BCUT2D eigenvalue weighted by Gasteiger charge is 2.40. The number of aliphatic hydroxyl groups excluding tert-OH is 2. The number of nitrogens with zero attached hydrogens (tertiary/aromatic N) is 1. The van der Waals surface area contributed by atoms with Crippen LogP contribution in [0.3, 0.4) is 0 Å². The van der Waals surface area contributed by atoms with E-state index in [9.17, 15) is 34.7 Å². The molecule has 1 unspecified atom stereocenters. The molecule has 2 rings (SSSR count). The largest absolute Gasteiger partial charge is 0.463 e. The predicted octanol–water partition coefficient (Wildman–Crippen LogP) is 5.01. The monoisotopic (exact) mass is 662 g/mol. The number of unbranched alkanes of at least 4 members (excludes halogenated alkanes) is 1. The molecule has 0 heterocycles. The second-order valence-electron chi connectivity index (χ2n) is 12.6. The Morgan fingerprint density at radius 1 is 0.957 bits per heavy atom. The quantitative estimate of drug-likeness (QED) is 0.0475. The minimum Gasteiger partial charge on any atom is -0.463 e. The number of nitrogens with one attached hydrogen (secondary N) is 1. The Bertz CT molecular complexity index is 1110. The fourth-order valence-corrected chi connectivity index (χ4v) is 6.01. The zero-order valence-corrected chi connectivity index (χ0v) is 28.1. The van der Waals surface area contributed by atoms with Crippen LogP contribution in [0, 0.1) is 22.0 Å². The summed E-state index contributed by atoms with van der Waals surface area (Å²) in [6, 6.07) is 9.84. The van der Waals surface area contributed by atoms with Crippen molar-refractivity contribution in [1.29, 1.82) is 0 Å². The van der Waals surface area contributed by atoms with Crippen LogP contribution in [0.2, 0.25) is 0 Å². The molecule has 47 heavy (non-hydrogen) atoms. The Labute approximate surface area is 278 Å². The minimum atomic E-state index is -0.829. The number of esters is 2. The molecule has 12 nitrogen and oxygen atoms in total. The van der Waals surface area contributed by atoms with Crippen molar-refractivity contribution in [3.8, 4) is 0 Å². The Balaban J connectivity index is 1.88. The highest BCUT2D eigenvalue weighted by molar-refractivity contribution is 5.81. The molecule has 1 aromatic rings. The van der Waals surface area contributed by atoms with Crippen LogP contribution in [0.1, 0.15) is 103 Å². The number of hydrogen-bond donors (Lipinski definition) is 3. The van der Waals surface area contributed by atoms with Crippen molar-refractivity contribution < 1.29 is 44.0 Å². The summed E-state index contributed by atoms with van der Waals surface area (Å²) in [4.78, 5) is 51.9. The molecule has 1 aliphatic carbocycles. The summed E-state index contributed by atoms with van der Waals surface area (Å²) in [7, 11) is 0. The first-order chi connectivity index (χ1) is 22.5. The van der Waals surface area contributed by atoms with E-state index in [4.69, 9.17) is 9.47 Å². The fraction of sp³-hybridized carbons (Fsp3) is 0.686. The molecule has 1 aromatic carbocycles. The van der Waals surface area contributed by atoms with E-state index in [1.54, 1.807) is 6.92 Å². The number of benzene rings is 1. The first kappa shape index (κ1) is 39.7. The number of aryl methyl sites for hydroxylation is 1. The first-order valence-corrected chi connectivity index (χ1v) is 17.0. The van der Waals surface area contributed by atoms with Gasteiger partial charge in [-0.05, 0) is 102 Å². The molecule has 1 fully saturated rings. The molecule has 0 saturated heterocycles. The molecule has 6 atom stereocenters. The zero-order chi connectivity index (χ0) is 34.6. The van der Waals surface area contributed by atoms with Crippen molar-refractivity contribution in [2.75, 3.05) is 6.54 Å². The molecule has 12 heteroatoms. The van der Waals surface area contributed by atoms with Gasteiger partial charge in [0.25, 0.3) is 5.09 Å². The second kappa shape index (κ2) is 22.1. The van der Waals surface area contributed by atoms with Gasteiger partial charge in [-0.25, -0.2) is 0 Å². The highest BCUT2D eigenvalue weighted by atomic mass is 17.0. The number of rotatable bonds is 23. The van der Waals surface area contributed by atoms with Crippen LogP contribution in [0.5, 0.6) is 0 Å².